The van der Waals surface area contributed by atoms with Gasteiger partial charge < -0.3 is 19.6 Å². The maximum atomic E-state index is 4.27. The second kappa shape index (κ2) is 13.4. The molecule has 5 nitrogen and oxygen atoms in total. The fourth-order valence-electron chi connectivity index (χ4n) is 9.60. The van der Waals surface area contributed by atoms with Gasteiger partial charge >= 0.3 is 0 Å². The largest absolute Gasteiger partial charge is 0.311 e. The third-order valence-electron chi connectivity index (χ3n) is 12.0. The SMILES string of the molecule is c1ccc(N2c3ccccc3B3c4ccccc4N(c4ccccc4)c4c3c2cc2c4N(c3ccccc3)c3ccccc3N2c2ccc(-c3ccncc3)cc2)cc1. The lowest BCUT2D eigenvalue weighted by Gasteiger charge is -2.49. The summed E-state index contributed by atoms with van der Waals surface area (Å²) in [5.74, 6) is 0. The van der Waals surface area contributed by atoms with Crippen LogP contribution < -0.4 is 36.0 Å². The number of hydrogen-bond donors (Lipinski definition) is 0. The highest BCUT2D eigenvalue weighted by molar-refractivity contribution is 7.00. The summed E-state index contributed by atoms with van der Waals surface area (Å²) in [5, 5.41) is 0. The molecule has 0 saturated carbocycles. The Balaban J connectivity index is 1.24. The number of nitrogens with zero attached hydrogens (tertiary/aromatic N) is 5. The van der Waals surface area contributed by atoms with Crippen molar-refractivity contribution in [2.75, 3.05) is 19.6 Å². The van der Waals surface area contributed by atoms with Crippen molar-refractivity contribution in [3.63, 3.8) is 0 Å². The topological polar surface area (TPSA) is 25.9 Å². The quantitative estimate of drug-likeness (QED) is 0.163. The molecule has 59 heavy (non-hydrogen) atoms. The second-order valence-corrected chi connectivity index (χ2v) is 15.2. The van der Waals surface area contributed by atoms with Gasteiger partial charge in [-0.05, 0) is 119 Å². The molecule has 9 aromatic rings. The van der Waals surface area contributed by atoms with E-state index in [1.807, 2.05) is 12.4 Å². The Labute approximate surface area is 344 Å². The minimum absolute atomic E-state index is 0.0134. The molecule has 6 heteroatoms. The van der Waals surface area contributed by atoms with Gasteiger partial charge in [0.05, 0.1) is 28.4 Å². The Morgan fingerprint density at radius 1 is 0.305 bits per heavy atom. The van der Waals surface area contributed by atoms with Crippen LogP contribution in [0.1, 0.15) is 0 Å². The van der Waals surface area contributed by atoms with Gasteiger partial charge in [-0.3, -0.25) is 4.98 Å². The van der Waals surface area contributed by atoms with Gasteiger partial charge in [0.15, 0.2) is 0 Å². The number of rotatable bonds is 5. The van der Waals surface area contributed by atoms with Crippen LogP contribution in [0.4, 0.5) is 68.2 Å². The summed E-state index contributed by atoms with van der Waals surface area (Å²) in [6.07, 6.45) is 3.71. The maximum Gasteiger partial charge on any atom is 0.252 e. The van der Waals surface area contributed by atoms with Crippen molar-refractivity contribution in [1.82, 2.24) is 4.98 Å². The van der Waals surface area contributed by atoms with Crippen molar-refractivity contribution in [3.05, 3.63) is 219 Å². The molecule has 4 heterocycles. The first-order valence-corrected chi connectivity index (χ1v) is 20.2. The lowest BCUT2D eigenvalue weighted by molar-refractivity contribution is 1.15. The lowest BCUT2D eigenvalue weighted by Crippen LogP contribution is -2.61. The number of hydrogen-bond acceptors (Lipinski definition) is 5. The van der Waals surface area contributed by atoms with Crippen LogP contribution in [0.3, 0.4) is 0 Å². The first-order chi connectivity index (χ1) is 29.3. The minimum atomic E-state index is -0.0134. The molecular weight excluding hydrogens is 717 g/mol. The van der Waals surface area contributed by atoms with Gasteiger partial charge in [0.2, 0.25) is 0 Å². The molecule has 276 valence electrons. The molecular formula is C53H36BN5. The molecule has 3 aliphatic heterocycles. The van der Waals surface area contributed by atoms with Crippen molar-refractivity contribution in [3.8, 4) is 11.1 Å². The highest BCUT2D eigenvalue weighted by atomic mass is 15.3. The van der Waals surface area contributed by atoms with Crippen LogP contribution in [-0.4, -0.2) is 11.7 Å². The molecule has 3 aliphatic rings. The molecule has 1 aromatic heterocycles. The van der Waals surface area contributed by atoms with E-state index >= 15 is 0 Å². The fraction of sp³-hybridized carbons (Fsp3) is 0. The summed E-state index contributed by atoms with van der Waals surface area (Å²) >= 11 is 0. The van der Waals surface area contributed by atoms with E-state index in [0.717, 1.165) is 62.3 Å². The number of para-hydroxylation sites is 7. The minimum Gasteiger partial charge on any atom is -0.311 e. The number of fused-ring (bicyclic) bond motifs is 7. The van der Waals surface area contributed by atoms with E-state index in [1.165, 1.54) is 33.5 Å². The fourth-order valence-corrected chi connectivity index (χ4v) is 9.60. The monoisotopic (exact) mass is 753 g/mol. The van der Waals surface area contributed by atoms with Crippen molar-refractivity contribution >= 4 is 91.3 Å². The van der Waals surface area contributed by atoms with Gasteiger partial charge in [-0.15, -0.1) is 0 Å². The van der Waals surface area contributed by atoms with Crippen LogP contribution in [0.25, 0.3) is 11.1 Å². The van der Waals surface area contributed by atoms with E-state index in [-0.39, 0.29) is 6.71 Å². The molecule has 0 saturated heterocycles. The summed E-state index contributed by atoms with van der Waals surface area (Å²) in [7, 11) is 0. The van der Waals surface area contributed by atoms with E-state index in [4.69, 9.17) is 0 Å². The van der Waals surface area contributed by atoms with Gasteiger partial charge in [-0.1, -0.05) is 115 Å². The van der Waals surface area contributed by atoms with E-state index in [0.29, 0.717) is 0 Å². The van der Waals surface area contributed by atoms with E-state index in [1.54, 1.807) is 0 Å². The second-order valence-electron chi connectivity index (χ2n) is 15.2. The number of pyridine rings is 1. The Hall–Kier alpha value is -7.83. The highest BCUT2D eigenvalue weighted by Gasteiger charge is 2.47. The summed E-state index contributed by atoms with van der Waals surface area (Å²) in [6.45, 7) is -0.0134. The Bertz CT molecular complexity index is 3000. The average Bonchev–Trinajstić information content (AvgIpc) is 3.32. The molecule has 0 radical (unpaired) electrons. The molecule has 0 atom stereocenters. The van der Waals surface area contributed by atoms with Gasteiger partial charge in [0.25, 0.3) is 6.71 Å². The van der Waals surface area contributed by atoms with Crippen LogP contribution in [0.2, 0.25) is 0 Å². The van der Waals surface area contributed by atoms with Crippen molar-refractivity contribution in [2.45, 2.75) is 0 Å². The summed E-state index contributed by atoms with van der Waals surface area (Å²) in [4.78, 5) is 14.2. The van der Waals surface area contributed by atoms with Crippen molar-refractivity contribution in [2.24, 2.45) is 0 Å². The molecule has 0 amide bonds. The smallest absolute Gasteiger partial charge is 0.252 e. The van der Waals surface area contributed by atoms with Gasteiger partial charge in [-0.2, -0.15) is 0 Å². The predicted octanol–water partition coefficient (Wildman–Crippen LogP) is 12.1. The molecule has 0 spiro atoms. The van der Waals surface area contributed by atoms with Gasteiger partial charge in [0, 0.05) is 52.2 Å². The van der Waals surface area contributed by atoms with Gasteiger partial charge in [-0.25, -0.2) is 0 Å². The molecule has 12 rings (SSSR count). The number of benzene rings is 8. The zero-order valence-electron chi connectivity index (χ0n) is 32.1. The predicted molar refractivity (Wildman–Crippen MR) is 247 cm³/mol. The Morgan fingerprint density at radius 2 is 0.712 bits per heavy atom. The van der Waals surface area contributed by atoms with E-state index in [2.05, 4.69) is 231 Å². The van der Waals surface area contributed by atoms with Gasteiger partial charge in [0.1, 0.15) is 0 Å². The highest BCUT2D eigenvalue weighted by Crippen LogP contribution is 2.61. The van der Waals surface area contributed by atoms with Crippen LogP contribution in [-0.2, 0) is 0 Å². The first kappa shape index (κ1) is 33.3. The number of aromatic nitrogens is 1. The summed E-state index contributed by atoms with van der Waals surface area (Å²) in [5.41, 5.74) is 19.7. The summed E-state index contributed by atoms with van der Waals surface area (Å²) < 4.78 is 0. The normalized spacial score (nSPS) is 13.3. The third kappa shape index (κ3) is 5.10. The molecule has 8 aromatic carbocycles. The molecule has 0 bridgehead atoms. The standard InChI is InChI=1S/C53H36BN5/c1-4-16-39(17-5-1)56-45-24-12-10-22-43(45)54-44-23-11-13-25-46(44)58(40-18-6-2-7-19-40)53-51(54)49(56)36-50-52(53)59(41-20-8-3-9-21-41)48-27-15-14-26-47(48)57(50)42-30-28-37(29-31-42)38-32-34-55-35-33-38/h1-36H. The summed E-state index contributed by atoms with van der Waals surface area (Å²) in [6, 6.07) is 75.0. The van der Waals surface area contributed by atoms with Crippen molar-refractivity contribution < 1.29 is 0 Å². The molecule has 0 unspecified atom stereocenters. The first-order valence-electron chi connectivity index (χ1n) is 20.2. The number of anilines is 12. The molecule has 0 N–H and O–H groups in total. The average molecular weight is 754 g/mol. The van der Waals surface area contributed by atoms with Crippen LogP contribution in [0.5, 0.6) is 0 Å². The third-order valence-corrected chi connectivity index (χ3v) is 12.0. The van der Waals surface area contributed by atoms with E-state index in [9.17, 15) is 0 Å². The zero-order valence-corrected chi connectivity index (χ0v) is 32.1. The van der Waals surface area contributed by atoms with E-state index < -0.39 is 0 Å². The molecule has 0 aliphatic carbocycles. The van der Waals surface area contributed by atoms with Crippen LogP contribution in [0, 0.1) is 0 Å². The van der Waals surface area contributed by atoms with Crippen LogP contribution >= 0.6 is 0 Å². The lowest BCUT2D eigenvalue weighted by atomic mass is 9.33. The van der Waals surface area contributed by atoms with Crippen molar-refractivity contribution in [1.29, 1.82) is 0 Å². The maximum absolute atomic E-state index is 4.27. The Morgan fingerprint density at radius 3 is 1.29 bits per heavy atom. The molecule has 0 fully saturated rings. The van der Waals surface area contributed by atoms with Crippen LogP contribution in [0.15, 0.2) is 219 Å². The Kier molecular flexibility index (Phi) is 7.57. The zero-order chi connectivity index (χ0) is 38.9.